The summed E-state index contributed by atoms with van der Waals surface area (Å²) >= 11 is 6.11. The zero-order chi connectivity index (χ0) is 21.2. The number of amides is 1. The minimum absolute atomic E-state index is 0.00594. The second-order valence-electron chi connectivity index (χ2n) is 8.16. The molecule has 2 unspecified atom stereocenters. The predicted octanol–water partition coefficient (Wildman–Crippen LogP) is 2.95. The third-order valence-corrected chi connectivity index (χ3v) is 6.50. The maximum atomic E-state index is 13.4. The van der Waals surface area contributed by atoms with E-state index in [0.717, 1.165) is 23.0 Å². The van der Waals surface area contributed by atoms with Crippen LogP contribution in [0, 0.1) is 11.1 Å². The summed E-state index contributed by atoms with van der Waals surface area (Å²) in [4.78, 5) is 27.8. The van der Waals surface area contributed by atoms with E-state index in [1.807, 2.05) is 34.8 Å². The molecule has 2 aliphatic rings. The lowest BCUT2D eigenvalue weighted by Crippen LogP contribution is -2.49. The van der Waals surface area contributed by atoms with Crippen LogP contribution in [0.3, 0.4) is 0 Å². The molecule has 2 aromatic heterocycles. The zero-order valence-electron chi connectivity index (χ0n) is 16.3. The molecule has 0 aliphatic carbocycles. The minimum atomic E-state index is -0.495. The van der Waals surface area contributed by atoms with E-state index in [2.05, 4.69) is 0 Å². The van der Waals surface area contributed by atoms with Gasteiger partial charge in [-0.15, -0.1) is 0 Å². The van der Waals surface area contributed by atoms with Crippen LogP contribution in [0.4, 0.5) is 5.69 Å². The van der Waals surface area contributed by atoms with Crippen molar-refractivity contribution in [2.75, 3.05) is 18.3 Å². The van der Waals surface area contributed by atoms with Crippen LogP contribution in [0.15, 0.2) is 41.3 Å². The Labute approximate surface area is 177 Å². The van der Waals surface area contributed by atoms with Gasteiger partial charge in [0.2, 0.25) is 0 Å². The summed E-state index contributed by atoms with van der Waals surface area (Å²) in [6, 6.07) is 8.55. The van der Waals surface area contributed by atoms with Gasteiger partial charge in [0.15, 0.2) is 0 Å². The second kappa shape index (κ2) is 6.87. The number of anilines is 1. The van der Waals surface area contributed by atoms with E-state index in [1.165, 1.54) is 6.07 Å². The molecule has 1 N–H and O–H groups in total. The highest BCUT2D eigenvalue weighted by Gasteiger charge is 2.37. The SMILES string of the molecule is Cn1cc(C(=O)N2CC3CC(C2)c2ccc(N([O-])O)c(=O)n2C3)c2ccc(Cl)cc21. The Kier molecular flexibility index (Phi) is 4.39. The Morgan fingerprint density at radius 3 is 2.80 bits per heavy atom. The smallest absolute Gasteiger partial charge is 0.275 e. The first-order valence-electron chi connectivity index (χ1n) is 9.77. The number of aromatic nitrogens is 2. The molecule has 0 saturated carbocycles. The number of hydrogen-bond donors (Lipinski definition) is 1. The highest BCUT2D eigenvalue weighted by molar-refractivity contribution is 6.31. The molecule has 9 heteroatoms. The van der Waals surface area contributed by atoms with E-state index in [-0.39, 0.29) is 28.7 Å². The average molecular weight is 428 g/mol. The quantitative estimate of drug-likeness (QED) is 0.634. The molecule has 8 nitrogen and oxygen atoms in total. The van der Waals surface area contributed by atoms with E-state index in [0.29, 0.717) is 30.2 Å². The number of pyridine rings is 1. The van der Waals surface area contributed by atoms with Gasteiger partial charge in [-0.2, -0.15) is 0 Å². The fourth-order valence-electron chi connectivity index (χ4n) is 4.94. The molecular formula is C21H20ClN4O4-. The molecule has 4 heterocycles. The monoisotopic (exact) mass is 427 g/mol. The molecule has 156 valence electrons. The molecule has 3 aromatic rings. The minimum Gasteiger partial charge on any atom is -0.733 e. The van der Waals surface area contributed by atoms with Gasteiger partial charge in [0, 0.05) is 54.9 Å². The van der Waals surface area contributed by atoms with Crippen molar-refractivity contribution in [1.29, 1.82) is 0 Å². The first kappa shape index (κ1) is 19.2. The molecule has 2 atom stereocenters. The topological polar surface area (TPSA) is 93.8 Å². The Balaban J connectivity index is 1.48. The maximum Gasteiger partial charge on any atom is 0.275 e. The molecule has 0 spiro atoms. The highest BCUT2D eigenvalue weighted by Crippen LogP contribution is 2.37. The molecule has 2 aliphatic heterocycles. The van der Waals surface area contributed by atoms with Crippen molar-refractivity contribution in [2.45, 2.75) is 18.9 Å². The van der Waals surface area contributed by atoms with Gasteiger partial charge >= 0.3 is 0 Å². The van der Waals surface area contributed by atoms with Crippen molar-refractivity contribution in [3.63, 3.8) is 0 Å². The number of likely N-dealkylation sites (tertiary alicyclic amines) is 1. The number of fused-ring (bicyclic) bond motifs is 5. The number of piperidine rings is 1. The van der Waals surface area contributed by atoms with E-state index >= 15 is 0 Å². The lowest BCUT2D eigenvalue weighted by molar-refractivity contribution is 0.0596. The highest BCUT2D eigenvalue weighted by atomic mass is 35.5. The van der Waals surface area contributed by atoms with Gasteiger partial charge in [0.1, 0.15) is 5.69 Å². The summed E-state index contributed by atoms with van der Waals surface area (Å²) in [5.41, 5.74) is 1.55. The van der Waals surface area contributed by atoms with Crippen molar-refractivity contribution in [2.24, 2.45) is 13.0 Å². The molecule has 2 bridgehead atoms. The van der Waals surface area contributed by atoms with Crippen LogP contribution in [-0.4, -0.2) is 38.2 Å². The van der Waals surface area contributed by atoms with Crippen LogP contribution in [0.5, 0.6) is 0 Å². The lowest BCUT2D eigenvalue weighted by Gasteiger charge is -2.43. The summed E-state index contributed by atoms with van der Waals surface area (Å²) in [6.07, 6.45) is 2.72. The van der Waals surface area contributed by atoms with Crippen LogP contribution < -0.4 is 10.8 Å². The van der Waals surface area contributed by atoms with Crippen molar-refractivity contribution in [1.82, 2.24) is 14.0 Å². The van der Waals surface area contributed by atoms with E-state index in [1.54, 1.807) is 16.7 Å². The van der Waals surface area contributed by atoms with Gasteiger partial charge in [0.25, 0.3) is 11.5 Å². The summed E-state index contributed by atoms with van der Waals surface area (Å²) in [5.74, 6) is 0.0777. The first-order valence-corrected chi connectivity index (χ1v) is 10.1. The van der Waals surface area contributed by atoms with E-state index < -0.39 is 5.56 Å². The van der Waals surface area contributed by atoms with Crippen molar-refractivity contribution in [3.8, 4) is 0 Å². The van der Waals surface area contributed by atoms with Gasteiger partial charge in [0.05, 0.1) is 11.1 Å². The van der Waals surface area contributed by atoms with Gasteiger partial charge in [-0.25, -0.2) is 0 Å². The van der Waals surface area contributed by atoms with Crippen LogP contribution >= 0.6 is 11.6 Å². The predicted molar refractivity (Wildman–Crippen MR) is 113 cm³/mol. The summed E-state index contributed by atoms with van der Waals surface area (Å²) in [5, 5.41) is 21.5. The average Bonchev–Trinajstić information content (AvgIpc) is 3.03. The third kappa shape index (κ3) is 2.91. The number of carbonyl (C=O) groups is 1. The Bertz CT molecular complexity index is 1230. The van der Waals surface area contributed by atoms with Gasteiger partial charge in [-0.05, 0) is 36.6 Å². The Morgan fingerprint density at radius 2 is 2.03 bits per heavy atom. The number of carbonyl (C=O) groups excluding carboxylic acids is 1. The van der Waals surface area contributed by atoms with E-state index in [9.17, 15) is 14.8 Å². The number of halogens is 1. The molecule has 1 amide bonds. The number of benzene rings is 1. The number of rotatable bonds is 2. The summed E-state index contributed by atoms with van der Waals surface area (Å²) < 4.78 is 3.47. The summed E-state index contributed by atoms with van der Waals surface area (Å²) in [6.45, 7) is 1.45. The van der Waals surface area contributed by atoms with Crippen molar-refractivity contribution >= 4 is 34.1 Å². The van der Waals surface area contributed by atoms with Gasteiger partial charge in [-0.3, -0.25) is 14.8 Å². The Morgan fingerprint density at radius 1 is 1.23 bits per heavy atom. The van der Waals surface area contributed by atoms with Crippen molar-refractivity contribution < 1.29 is 10.0 Å². The van der Waals surface area contributed by atoms with Crippen LogP contribution in [0.1, 0.15) is 28.4 Å². The summed E-state index contributed by atoms with van der Waals surface area (Å²) in [7, 11) is 1.89. The molecule has 30 heavy (non-hydrogen) atoms. The fourth-order valence-corrected chi connectivity index (χ4v) is 5.11. The van der Waals surface area contributed by atoms with E-state index in [4.69, 9.17) is 16.8 Å². The van der Waals surface area contributed by atoms with Crippen molar-refractivity contribution in [3.05, 3.63) is 68.4 Å². The van der Waals surface area contributed by atoms with Gasteiger partial charge < -0.3 is 24.5 Å². The largest absolute Gasteiger partial charge is 0.733 e. The standard InChI is InChI=1S/C21H20ClN4O4/c1-23-11-16(15-3-2-14(22)7-19(15)23)20(27)24-8-12-6-13(10-24)17-4-5-18(26(29)30)21(28)25(17)9-12/h2-5,7,11-13,29H,6,8-10H2,1H3/q-1. The second-order valence-corrected chi connectivity index (χ2v) is 8.59. The molecule has 1 aromatic carbocycles. The fraction of sp³-hybridized carbons (Fsp3) is 0.333. The normalized spacial score (nSPS) is 20.3. The number of aryl methyl sites for hydroxylation is 1. The lowest BCUT2D eigenvalue weighted by atomic mass is 9.83. The number of hydrogen-bond acceptors (Lipinski definition) is 5. The first-order chi connectivity index (χ1) is 14.3. The van der Waals surface area contributed by atoms with Crippen LogP contribution in [0.25, 0.3) is 10.9 Å². The number of nitrogens with zero attached hydrogens (tertiary/aromatic N) is 4. The molecular weight excluding hydrogens is 408 g/mol. The Hall–Kier alpha value is -2.81. The maximum absolute atomic E-state index is 13.4. The molecule has 1 saturated heterocycles. The molecule has 0 radical (unpaired) electrons. The van der Waals surface area contributed by atoms with Crippen LogP contribution in [-0.2, 0) is 13.6 Å². The molecule has 1 fully saturated rings. The van der Waals surface area contributed by atoms with Crippen LogP contribution in [0.2, 0.25) is 5.02 Å². The van der Waals surface area contributed by atoms with Gasteiger partial charge in [-0.1, -0.05) is 17.7 Å². The third-order valence-electron chi connectivity index (χ3n) is 6.26. The zero-order valence-corrected chi connectivity index (χ0v) is 17.0. The molecule has 5 rings (SSSR count).